The van der Waals surface area contributed by atoms with Crippen LogP contribution < -0.4 is 0 Å². The molecule has 0 bridgehead atoms. The molecule has 112 valence electrons. The first-order valence-corrected chi connectivity index (χ1v) is 7.46. The third-order valence-corrected chi connectivity index (χ3v) is 3.51. The molecule has 3 rings (SSSR count). The second-order valence-corrected chi connectivity index (χ2v) is 5.26. The summed E-state index contributed by atoms with van der Waals surface area (Å²) < 4.78 is 5.58. The van der Waals surface area contributed by atoms with Crippen LogP contribution in [0.2, 0.25) is 5.02 Å². The molecular formula is C17H16ClN3O. The summed E-state index contributed by atoms with van der Waals surface area (Å²) in [5.41, 5.74) is 3.50. The largest absolute Gasteiger partial charge is 0.464 e. The molecule has 4 nitrogen and oxygen atoms in total. The summed E-state index contributed by atoms with van der Waals surface area (Å²) in [6, 6.07) is 16.0. The lowest BCUT2D eigenvalue weighted by molar-refractivity contribution is 0.265. The zero-order valence-electron chi connectivity index (χ0n) is 12.5. The number of hydrazone groups is 1. The third-order valence-electron chi connectivity index (χ3n) is 3.28. The van der Waals surface area contributed by atoms with Crippen molar-refractivity contribution in [2.75, 3.05) is 13.7 Å². The molecular weight excluding hydrogens is 298 g/mol. The highest BCUT2D eigenvalue weighted by atomic mass is 35.5. The van der Waals surface area contributed by atoms with Crippen molar-refractivity contribution < 1.29 is 4.74 Å². The van der Waals surface area contributed by atoms with Gasteiger partial charge in [0, 0.05) is 23.2 Å². The second-order valence-electron chi connectivity index (χ2n) is 4.83. The summed E-state index contributed by atoms with van der Waals surface area (Å²) in [6.07, 6.45) is 0. The lowest BCUT2D eigenvalue weighted by atomic mass is 10.0. The molecule has 0 amide bonds. The average Bonchev–Trinajstić information content (AvgIpc) is 2.66. The molecule has 0 fully saturated rings. The molecule has 2 aromatic carbocycles. The van der Waals surface area contributed by atoms with Gasteiger partial charge < -0.3 is 4.74 Å². The predicted octanol–water partition coefficient (Wildman–Crippen LogP) is 4.06. The van der Waals surface area contributed by atoms with Gasteiger partial charge in [-0.2, -0.15) is 10.1 Å². The van der Waals surface area contributed by atoms with Crippen molar-refractivity contribution in [1.29, 1.82) is 0 Å². The number of hydrogen-bond donors (Lipinski definition) is 0. The van der Waals surface area contributed by atoms with Gasteiger partial charge in [-0.3, -0.25) is 0 Å². The average molecular weight is 314 g/mol. The number of hydrogen-bond acceptors (Lipinski definition) is 4. The maximum Gasteiger partial charge on any atom is 0.313 e. The standard InChI is InChI=1S/C17H16ClN3O/c1-3-22-17-19-15-10-9-13(18)11-14(15)16(20-21(17)2)12-7-5-4-6-8-12/h4-11H,3H2,1-2H3. The molecule has 0 aliphatic carbocycles. The van der Waals surface area contributed by atoms with Crippen LogP contribution in [0.5, 0.6) is 0 Å². The molecule has 5 heteroatoms. The molecule has 0 spiro atoms. The highest BCUT2D eigenvalue weighted by Gasteiger charge is 2.20. The number of fused-ring (bicyclic) bond motifs is 1. The van der Waals surface area contributed by atoms with E-state index in [0.29, 0.717) is 17.7 Å². The minimum atomic E-state index is 0.469. The molecule has 0 radical (unpaired) electrons. The molecule has 1 aliphatic rings. The SMILES string of the molecule is CCOC1=Nc2ccc(Cl)cc2C(c2ccccc2)=NN1C. The predicted molar refractivity (Wildman–Crippen MR) is 90.0 cm³/mol. The Morgan fingerprint density at radius 3 is 2.64 bits per heavy atom. The van der Waals surface area contributed by atoms with Gasteiger partial charge in [0.15, 0.2) is 0 Å². The summed E-state index contributed by atoms with van der Waals surface area (Å²) in [5.74, 6) is 0. The van der Waals surface area contributed by atoms with Crippen molar-refractivity contribution >= 4 is 29.0 Å². The number of benzene rings is 2. The van der Waals surface area contributed by atoms with Gasteiger partial charge in [-0.1, -0.05) is 41.9 Å². The molecule has 22 heavy (non-hydrogen) atoms. The molecule has 1 heterocycles. The topological polar surface area (TPSA) is 37.2 Å². The molecule has 0 saturated heterocycles. The van der Waals surface area contributed by atoms with Gasteiger partial charge in [0.2, 0.25) is 0 Å². The van der Waals surface area contributed by atoms with E-state index < -0.39 is 0 Å². The Bertz CT molecular complexity index is 741. The lowest BCUT2D eigenvalue weighted by Gasteiger charge is -2.14. The zero-order valence-corrected chi connectivity index (χ0v) is 13.2. The Morgan fingerprint density at radius 1 is 1.14 bits per heavy atom. The van der Waals surface area contributed by atoms with Crippen molar-refractivity contribution in [2.24, 2.45) is 10.1 Å². The molecule has 1 aliphatic heterocycles. The maximum absolute atomic E-state index is 6.17. The van der Waals surface area contributed by atoms with Gasteiger partial charge in [-0.15, -0.1) is 0 Å². The number of amidine groups is 1. The first kappa shape index (κ1) is 14.6. The van der Waals surface area contributed by atoms with Crippen LogP contribution in [0.15, 0.2) is 58.6 Å². The van der Waals surface area contributed by atoms with Crippen LogP contribution in [0.25, 0.3) is 0 Å². The lowest BCUT2D eigenvalue weighted by Crippen LogP contribution is -2.24. The Balaban J connectivity index is 2.20. The summed E-state index contributed by atoms with van der Waals surface area (Å²) in [6.45, 7) is 2.45. The van der Waals surface area contributed by atoms with Gasteiger partial charge in [-0.25, -0.2) is 5.01 Å². The fraction of sp³-hybridized carbons (Fsp3) is 0.176. The normalized spacial score (nSPS) is 13.9. The summed E-state index contributed by atoms with van der Waals surface area (Å²) in [4.78, 5) is 4.57. The van der Waals surface area contributed by atoms with E-state index in [2.05, 4.69) is 10.1 Å². The van der Waals surface area contributed by atoms with E-state index in [1.165, 1.54) is 0 Å². The van der Waals surface area contributed by atoms with E-state index >= 15 is 0 Å². The summed E-state index contributed by atoms with van der Waals surface area (Å²) in [7, 11) is 1.82. The van der Waals surface area contributed by atoms with Gasteiger partial charge in [0.1, 0.15) is 5.71 Å². The van der Waals surface area contributed by atoms with Gasteiger partial charge in [0.25, 0.3) is 0 Å². The van der Waals surface area contributed by atoms with Crippen LogP contribution in [0.4, 0.5) is 5.69 Å². The molecule has 2 aromatic rings. The first-order chi connectivity index (χ1) is 10.7. The van der Waals surface area contributed by atoms with Crippen molar-refractivity contribution in [3.63, 3.8) is 0 Å². The van der Waals surface area contributed by atoms with E-state index in [1.807, 2.05) is 62.5 Å². The fourth-order valence-corrected chi connectivity index (χ4v) is 2.45. The molecule has 0 saturated carbocycles. The number of ether oxygens (including phenoxy) is 1. The van der Waals surface area contributed by atoms with Crippen LogP contribution in [-0.2, 0) is 4.74 Å². The molecule has 0 aromatic heterocycles. The van der Waals surface area contributed by atoms with Gasteiger partial charge in [-0.05, 0) is 25.1 Å². The van der Waals surface area contributed by atoms with Crippen molar-refractivity contribution in [3.05, 3.63) is 64.7 Å². The Kier molecular flexibility index (Phi) is 4.11. The highest BCUT2D eigenvalue weighted by Crippen LogP contribution is 2.29. The Hall–Kier alpha value is -2.33. The third kappa shape index (κ3) is 2.83. The zero-order chi connectivity index (χ0) is 15.5. The highest BCUT2D eigenvalue weighted by molar-refractivity contribution is 6.31. The maximum atomic E-state index is 6.17. The van der Waals surface area contributed by atoms with Crippen LogP contribution in [-0.4, -0.2) is 30.4 Å². The van der Waals surface area contributed by atoms with E-state index in [-0.39, 0.29) is 0 Å². The van der Waals surface area contributed by atoms with E-state index in [4.69, 9.17) is 16.3 Å². The number of halogens is 1. The Morgan fingerprint density at radius 2 is 1.91 bits per heavy atom. The fourth-order valence-electron chi connectivity index (χ4n) is 2.28. The van der Waals surface area contributed by atoms with E-state index in [9.17, 15) is 0 Å². The molecule has 0 unspecified atom stereocenters. The minimum Gasteiger partial charge on any atom is -0.464 e. The first-order valence-electron chi connectivity index (χ1n) is 7.08. The number of aliphatic imine (C=N–C) groups is 1. The van der Waals surface area contributed by atoms with Crippen LogP contribution in [0.3, 0.4) is 0 Å². The van der Waals surface area contributed by atoms with Crippen molar-refractivity contribution in [3.8, 4) is 0 Å². The van der Waals surface area contributed by atoms with Crippen LogP contribution in [0.1, 0.15) is 18.1 Å². The monoisotopic (exact) mass is 313 g/mol. The van der Waals surface area contributed by atoms with Crippen LogP contribution >= 0.6 is 11.6 Å². The number of nitrogens with zero attached hydrogens (tertiary/aromatic N) is 3. The van der Waals surface area contributed by atoms with Crippen molar-refractivity contribution in [1.82, 2.24) is 5.01 Å². The van der Waals surface area contributed by atoms with Crippen LogP contribution in [0, 0.1) is 0 Å². The summed E-state index contributed by atoms with van der Waals surface area (Å²) in [5, 5.41) is 6.97. The van der Waals surface area contributed by atoms with Crippen molar-refractivity contribution in [2.45, 2.75) is 6.92 Å². The van der Waals surface area contributed by atoms with E-state index in [0.717, 1.165) is 22.5 Å². The minimum absolute atomic E-state index is 0.469. The number of rotatable bonds is 2. The van der Waals surface area contributed by atoms with Gasteiger partial charge >= 0.3 is 6.02 Å². The van der Waals surface area contributed by atoms with E-state index in [1.54, 1.807) is 5.01 Å². The second kappa shape index (κ2) is 6.20. The quantitative estimate of drug-likeness (QED) is 0.838. The Labute approximate surface area is 134 Å². The summed E-state index contributed by atoms with van der Waals surface area (Å²) >= 11 is 6.17. The molecule has 0 atom stereocenters. The van der Waals surface area contributed by atoms with Gasteiger partial charge in [0.05, 0.1) is 12.3 Å². The smallest absolute Gasteiger partial charge is 0.313 e. The molecule has 0 N–H and O–H groups in total.